The van der Waals surface area contributed by atoms with Crippen molar-refractivity contribution in [3.63, 3.8) is 0 Å². The van der Waals surface area contributed by atoms with Crippen molar-refractivity contribution in [1.29, 1.82) is 0 Å². The van der Waals surface area contributed by atoms with Gasteiger partial charge in [-0.05, 0) is 42.0 Å². The van der Waals surface area contributed by atoms with Crippen LogP contribution in [-0.4, -0.2) is 36.5 Å². The number of esters is 1. The van der Waals surface area contributed by atoms with Gasteiger partial charge in [-0.3, -0.25) is 9.59 Å². The van der Waals surface area contributed by atoms with Crippen LogP contribution in [0.25, 0.3) is 6.08 Å². The Morgan fingerprint density at radius 2 is 1.89 bits per heavy atom. The van der Waals surface area contributed by atoms with Crippen LogP contribution >= 0.6 is 23.4 Å². The van der Waals surface area contributed by atoms with E-state index >= 15 is 0 Å². The van der Waals surface area contributed by atoms with Gasteiger partial charge in [0.25, 0.3) is 5.91 Å². The number of amides is 3. The molecular weight excluding hydrogens is 388 g/mol. The standard InChI is InChI=1S/C19H15ClN2O4S/c1-26-17(23)11-22-18(24)15(21-19(22)25)10-12-4-2-3-5-16(12)27-14-8-6-13(20)7-9-14/h2-10H,11H2,1H3,(H,21,25)/b15-10-. The molecule has 1 heterocycles. The first-order chi connectivity index (χ1) is 13.0. The Labute approximate surface area is 165 Å². The van der Waals surface area contributed by atoms with Crippen LogP contribution in [0.1, 0.15) is 5.56 Å². The molecule has 0 aliphatic carbocycles. The van der Waals surface area contributed by atoms with Gasteiger partial charge < -0.3 is 10.1 Å². The quantitative estimate of drug-likeness (QED) is 0.470. The third-order valence-corrected chi connectivity index (χ3v) is 5.09. The second kappa shape index (κ2) is 8.28. The molecule has 0 unspecified atom stereocenters. The summed E-state index contributed by atoms with van der Waals surface area (Å²) in [5, 5.41) is 3.15. The molecule has 0 atom stereocenters. The van der Waals surface area contributed by atoms with Crippen LogP contribution in [0.4, 0.5) is 4.79 Å². The van der Waals surface area contributed by atoms with Gasteiger partial charge in [-0.15, -0.1) is 0 Å². The van der Waals surface area contributed by atoms with E-state index in [-0.39, 0.29) is 5.70 Å². The molecule has 0 saturated carbocycles. The lowest BCUT2D eigenvalue weighted by Gasteiger charge is -2.09. The van der Waals surface area contributed by atoms with E-state index in [1.54, 1.807) is 18.2 Å². The Bertz CT molecular complexity index is 928. The van der Waals surface area contributed by atoms with Gasteiger partial charge in [0, 0.05) is 14.8 Å². The van der Waals surface area contributed by atoms with Crippen LogP contribution in [0, 0.1) is 0 Å². The molecule has 27 heavy (non-hydrogen) atoms. The molecule has 6 nitrogen and oxygen atoms in total. The van der Waals surface area contributed by atoms with E-state index in [1.165, 1.54) is 18.9 Å². The normalized spacial score (nSPS) is 15.2. The summed E-state index contributed by atoms with van der Waals surface area (Å²) in [6, 6.07) is 14.2. The van der Waals surface area contributed by atoms with Crippen LogP contribution in [0.15, 0.2) is 64.0 Å². The summed E-state index contributed by atoms with van der Waals surface area (Å²) in [4.78, 5) is 38.5. The highest BCUT2D eigenvalue weighted by Gasteiger charge is 2.35. The Morgan fingerprint density at radius 1 is 1.19 bits per heavy atom. The number of imide groups is 1. The third-order valence-electron chi connectivity index (χ3n) is 3.74. The molecule has 1 aliphatic rings. The van der Waals surface area contributed by atoms with E-state index in [2.05, 4.69) is 10.1 Å². The highest BCUT2D eigenvalue weighted by molar-refractivity contribution is 7.99. The van der Waals surface area contributed by atoms with Crippen molar-refractivity contribution >= 4 is 47.3 Å². The molecule has 3 amide bonds. The lowest BCUT2D eigenvalue weighted by molar-refractivity contribution is -0.143. The zero-order valence-electron chi connectivity index (χ0n) is 14.3. The van der Waals surface area contributed by atoms with Crippen LogP contribution in [0.5, 0.6) is 0 Å². The fourth-order valence-electron chi connectivity index (χ4n) is 2.39. The maximum absolute atomic E-state index is 12.4. The maximum Gasteiger partial charge on any atom is 0.329 e. The van der Waals surface area contributed by atoms with E-state index < -0.39 is 24.5 Å². The fourth-order valence-corrected chi connectivity index (χ4v) is 3.43. The summed E-state index contributed by atoms with van der Waals surface area (Å²) in [6.07, 6.45) is 1.59. The van der Waals surface area contributed by atoms with Crippen LogP contribution in [0.3, 0.4) is 0 Å². The van der Waals surface area contributed by atoms with E-state index in [0.29, 0.717) is 5.02 Å². The highest BCUT2D eigenvalue weighted by atomic mass is 35.5. The van der Waals surface area contributed by atoms with Gasteiger partial charge in [0.05, 0.1) is 7.11 Å². The van der Waals surface area contributed by atoms with Gasteiger partial charge in [-0.25, -0.2) is 9.69 Å². The molecule has 1 aliphatic heterocycles. The minimum atomic E-state index is -0.668. The largest absolute Gasteiger partial charge is 0.468 e. The third kappa shape index (κ3) is 4.50. The van der Waals surface area contributed by atoms with Crippen molar-refractivity contribution < 1.29 is 19.1 Å². The molecule has 0 spiro atoms. The lowest BCUT2D eigenvalue weighted by Crippen LogP contribution is -2.36. The average molecular weight is 403 g/mol. The highest BCUT2D eigenvalue weighted by Crippen LogP contribution is 2.32. The van der Waals surface area contributed by atoms with Crippen LogP contribution in [-0.2, 0) is 14.3 Å². The first-order valence-corrected chi connectivity index (χ1v) is 9.11. The van der Waals surface area contributed by atoms with Gasteiger partial charge in [-0.2, -0.15) is 0 Å². The molecule has 8 heteroatoms. The fraction of sp³-hybridized carbons (Fsp3) is 0.105. The monoisotopic (exact) mass is 402 g/mol. The number of hydrogen-bond acceptors (Lipinski definition) is 5. The predicted octanol–water partition coefficient (Wildman–Crippen LogP) is 3.56. The molecule has 2 aromatic carbocycles. The summed E-state index contributed by atoms with van der Waals surface area (Å²) in [6.45, 7) is -0.431. The van der Waals surface area contributed by atoms with Crippen LogP contribution in [0.2, 0.25) is 5.02 Å². The van der Waals surface area contributed by atoms with Gasteiger partial charge in [0.2, 0.25) is 0 Å². The lowest BCUT2D eigenvalue weighted by atomic mass is 10.2. The first kappa shape index (κ1) is 19.0. The van der Waals surface area contributed by atoms with Crippen molar-refractivity contribution in [2.24, 2.45) is 0 Å². The first-order valence-electron chi connectivity index (χ1n) is 7.92. The second-order valence-electron chi connectivity index (χ2n) is 5.55. The van der Waals surface area contributed by atoms with Crippen molar-refractivity contribution in [2.45, 2.75) is 9.79 Å². The van der Waals surface area contributed by atoms with E-state index in [4.69, 9.17) is 11.6 Å². The number of nitrogens with zero attached hydrogens (tertiary/aromatic N) is 1. The summed E-state index contributed by atoms with van der Waals surface area (Å²) in [5.41, 5.74) is 0.870. The number of methoxy groups -OCH3 is 1. The number of nitrogens with one attached hydrogen (secondary N) is 1. The summed E-state index contributed by atoms with van der Waals surface area (Å²) < 4.78 is 4.51. The second-order valence-corrected chi connectivity index (χ2v) is 7.10. The van der Waals surface area contributed by atoms with E-state index in [9.17, 15) is 14.4 Å². The Balaban J connectivity index is 1.85. The molecule has 2 aromatic rings. The molecular formula is C19H15ClN2O4S. The van der Waals surface area contributed by atoms with Crippen molar-refractivity contribution in [2.75, 3.05) is 13.7 Å². The van der Waals surface area contributed by atoms with Gasteiger partial charge in [-0.1, -0.05) is 41.6 Å². The SMILES string of the molecule is COC(=O)CN1C(=O)N/C(=C\c2ccccc2Sc2ccc(Cl)cc2)C1=O. The van der Waals surface area contributed by atoms with Gasteiger partial charge >= 0.3 is 12.0 Å². The molecule has 3 rings (SSSR count). The van der Waals surface area contributed by atoms with Crippen molar-refractivity contribution in [3.05, 3.63) is 64.8 Å². The average Bonchev–Trinajstić information content (AvgIpc) is 2.92. The molecule has 0 aromatic heterocycles. The summed E-state index contributed by atoms with van der Waals surface area (Å²) in [5.74, 6) is -1.24. The molecule has 1 saturated heterocycles. The van der Waals surface area contributed by atoms with Gasteiger partial charge in [0.15, 0.2) is 0 Å². The molecule has 0 bridgehead atoms. The number of benzene rings is 2. The van der Waals surface area contributed by atoms with Crippen LogP contribution < -0.4 is 5.32 Å². The number of rotatable bonds is 5. The zero-order valence-corrected chi connectivity index (χ0v) is 15.8. The number of ether oxygens (including phenoxy) is 1. The molecule has 138 valence electrons. The minimum absolute atomic E-state index is 0.105. The molecule has 0 radical (unpaired) electrons. The maximum atomic E-state index is 12.4. The number of carbonyl (C=O) groups is 3. The number of carbonyl (C=O) groups excluding carboxylic acids is 3. The topological polar surface area (TPSA) is 75.7 Å². The zero-order chi connectivity index (χ0) is 19.4. The van der Waals surface area contributed by atoms with E-state index in [0.717, 1.165) is 20.3 Å². The predicted molar refractivity (Wildman–Crippen MR) is 102 cm³/mol. The summed E-state index contributed by atoms with van der Waals surface area (Å²) in [7, 11) is 1.20. The van der Waals surface area contributed by atoms with Gasteiger partial charge in [0.1, 0.15) is 12.2 Å². The smallest absolute Gasteiger partial charge is 0.329 e. The Kier molecular flexibility index (Phi) is 5.83. The Morgan fingerprint density at radius 3 is 2.59 bits per heavy atom. The molecule has 1 fully saturated rings. The number of urea groups is 1. The van der Waals surface area contributed by atoms with Crippen molar-refractivity contribution in [3.8, 4) is 0 Å². The number of halogens is 1. The minimum Gasteiger partial charge on any atom is -0.468 e. The number of hydrogen-bond donors (Lipinski definition) is 1. The molecule has 1 N–H and O–H groups in total. The Hall–Kier alpha value is -2.77. The van der Waals surface area contributed by atoms with E-state index in [1.807, 2.05) is 36.4 Å². The van der Waals surface area contributed by atoms with Crippen molar-refractivity contribution in [1.82, 2.24) is 10.2 Å². The summed E-state index contributed by atoms with van der Waals surface area (Å²) >= 11 is 7.42.